The van der Waals surface area contributed by atoms with Gasteiger partial charge in [0.05, 0.1) is 7.11 Å². The van der Waals surface area contributed by atoms with Crippen LogP contribution in [0.15, 0.2) is 0 Å². The quantitative estimate of drug-likeness (QED) is 0.868. The van der Waals surface area contributed by atoms with Crippen LogP contribution in [0.3, 0.4) is 0 Å². The molecule has 0 aromatic carbocycles. The number of ether oxygens (including phenoxy) is 1. The van der Waals surface area contributed by atoms with Crippen LogP contribution >= 0.6 is 11.3 Å². The van der Waals surface area contributed by atoms with E-state index in [1.165, 1.54) is 11.3 Å². The molecule has 6 nitrogen and oxygen atoms in total. The van der Waals surface area contributed by atoms with Gasteiger partial charge in [-0.05, 0) is 26.9 Å². The number of nitrogen functional groups attached to an aromatic ring is 1. The first-order valence-corrected chi connectivity index (χ1v) is 7.48. The average molecular weight is 298 g/mol. The maximum atomic E-state index is 11.5. The third kappa shape index (κ3) is 2.69. The summed E-state index contributed by atoms with van der Waals surface area (Å²) < 4.78 is 5.40. The minimum Gasteiger partial charge on any atom is -0.492 e. The van der Waals surface area contributed by atoms with Gasteiger partial charge in [0.1, 0.15) is 15.6 Å². The van der Waals surface area contributed by atoms with Gasteiger partial charge in [0.15, 0.2) is 5.75 Å². The molecule has 1 aromatic heterocycles. The van der Waals surface area contributed by atoms with Crippen molar-refractivity contribution < 1.29 is 9.53 Å². The van der Waals surface area contributed by atoms with E-state index in [9.17, 15) is 4.79 Å². The van der Waals surface area contributed by atoms with Crippen LogP contribution in [0.2, 0.25) is 0 Å². The Morgan fingerprint density at radius 1 is 1.45 bits per heavy atom. The molecule has 0 spiro atoms. The Bertz CT molecular complexity index is 503. The van der Waals surface area contributed by atoms with E-state index in [1.54, 1.807) is 7.11 Å². The van der Waals surface area contributed by atoms with Crippen molar-refractivity contribution in [2.75, 3.05) is 44.4 Å². The SMILES string of the molecule is COc1c(N2CCCN(C)CC2C)sc(C(N)=O)c1N. The van der Waals surface area contributed by atoms with E-state index in [1.807, 2.05) is 0 Å². The maximum absolute atomic E-state index is 11.5. The predicted octanol–water partition coefficient (Wildman–Crippen LogP) is 0.968. The summed E-state index contributed by atoms with van der Waals surface area (Å²) in [6.07, 6.45) is 1.06. The normalized spacial score (nSPS) is 20.8. The van der Waals surface area contributed by atoms with E-state index < -0.39 is 5.91 Å². The molecule has 1 aliphatic heterocycles. The molecule has 20 heavy (non-hydrogen) atoms. The van der Waals surface area contributed by atoms with Gasteiger partial charge in [-0.1, -0.05) is 0 Å². The fraction of sp³-hybridized carbons (Fsp3) is 0.615. The van der Waals surface area contributed by atoms with Gasteiger partial charge in [-0.3, -0.25) is 4.79 Å². The Hall–Kier alpha value is -1.47. The van der Waals surface area contributed by atoms with Crippen LogP contribution in [0.1, 0.15) is 23.0 Å². The highest BCUT2D eigenvalue weighted by Gasteiger charge is 2.28. The number of nitrogens with two attached hydrogens (primary N) is 2. The Balaban J connectivity index is 2.40. The fourth-order valence-electron chi connectivity index (χ4n) is 2.66. The molecule has 0 bridgehead atoms. The molecule has 1 saturated heterocycles. The highest BCUT2D eigenvalue weighted by atomic mass is 32.1. The highest BCUT2D eigenvalue weighted by Crippen LogP contribution is 2.45. The number of anilines is 2. The third-order valence-corrected chi connectivity index (χ3v) is 4.86. The van der Waals surface area contributed by atoms with E-state index in [0.29, 0.717) is 22.4 Å². The van der Waals surface area contributed by atoms with Gasteiger partial charge in [-0.2, -0.15) is 0 Å². The number of primary amides is 1. The third-order valence-electron chi connectivity index (χ3n) is 3.62. The molecule has 112 valence electrons. The van der Waals surface area contributed by atoms with Crippen molar-refractivity contribution >= 4 is 27.9 Å². The number of carbonyl (C=O) groups excluding carboxylic acids is 1. The summed E-state index contributed by atoms with van der Waals surface area (Å²) in [6, 6.07) is 0.329. The van der Waals surface area contributed by atoms with E-state index in [2.05, 4.69) is 23.8 Å². The number of hydrogen-bond acceptors (Lipinski definition) is 6. The zero-order valence-corrected chi connectivity index (χ0v) is 13.0. The lowest BCUT2D eigenvalue weighted by atomic mass is 10.2. The van der Waals surface area contributed by atoms with Gasteiger partial charge < -0.3 is 26.0 Å². The summed E-state index contributed by atoms with van der Waals surface area (Å²) in [5.74, 6) is 0.0665. The lowest BCUT2D eigenvalue weighted by Gasteiger charge is -2.29. The Labute approximate surface area is 123 Å². The van der Waals surface area contributed by atoms with Gasteiger partial charge in [0.25, 0.3) is 5.91 Å². The van der Waals surface area contributed by atoms with E-state index in [-0.39, 0.29) is 0 Å². The first-order chi connectivity index (χ1) is 9.45. The Morgan fingerprint density at radius 3 is 2.75 bits per heavy atom. The largest absolute Gasteiger partial charge is 0.492 e. The number of carbonyl (C=O) groups is 1. The van der Waals surface area contributed by atoms with Gasteiger partial charge in [-0.15, -0.1) is 11.3 Å². The van der Waals surface area contributed by atoms with E-state index in [4.69, 9.17) is 16.2 Å². The fourth-order valence-corrected chi connectivity index (χ4v) is 3.83. The summed E-state index contributed by atoms with van der Waals surface area (Å²) in [5.41, 5.74) is 11.7. The monoisotopic (exact) mass is 298 g/mol. The smallest absolute Gasteiger partial charge is 0.261 e. The van der Waals surface area contributed by atoms with Crippen molar-refractivity contribution in [2.45, 2.75) is 19.4 Å². The molecule has 0 saturated carbocycles. The highest BCUT2D eigenvalue weighted by molar-refractivity contribution is 7.19. The maximum Gasteiger partial charge on any atom is 0.261 e. The van der Waals surface area contributed by atoms with Crippen LogP contribution < -0.4 is 21.1 Å². The summed E-state index contributed by atoms with van der Waals surface area (Å²) >= 11 is 1.32. The van der Waals surface area contributed by atoms with Crippen molar-refractivity contribution in [3.8, 4) is 5.75 Å². The minimum atomic E-state index is -0.503. The second kappa shape index (κ2) is 5.88. The van der Waals surface area contributed by atoms with Gasteiger partial charge in [0.2, 0.25) is 0 Å². The van der Waals surface area contributed by atoms with Crippen molar-refractivity contribution in [3.63, 3.8) is 0 Å². The Morgan fingerprint density at radius 2 is 2.15 bits per heavy atom. The number of rotatable bonds is 3. The molecule has 1 unspecified atom stereocenters. The lowest BCUT2D eigenvalue weighted by Crippen LogP contribution is -2.37. The van der Waals surface area contributed by atoms with E-state index >= 15 is 0 Å². The van der Waals surface area contributed by atoms with Crippen LogP contribution in [0.4, 0.5) is 10.7 Å². The molecule has 2 rings (SSSR count). The molecule has 7 heteroatoms. The standard InChI is InChI=1S/C13H22N4O2S/c1-8-7-16(2)5-4-6-17(8)13-10(19-3)9(14)11(20-13)12(15)18/h8H,4-7,14H2,1-3H3,(H2,15,18). The Kier molecular flexibility index (Phi) is 4.39. The van der Waals surface area contributed by atoms with Crippen LogP contribution in [-0.2, 0) is 0 Å². The first kappa shape index (κ1) is 14.9. The molecule has 1 amide bonds. The molecular weight excluding hydrogens is 276 g/mol. The summed E-state index contributed by atoms with van der Waals surface area (Å²) in [6.45, 7) is 5.11. The van der Waals surface area contributed by atoms with Crippen LogP contribution in [0, 0.1) is 0 Å². The number of methoxy groups -OCH3 is 1. The number of likely N-dealkylation sites (N-methyl/N-ethyl adjacent to an activating group) is 1. The van der Waals surface area contributed by atoms with Crippen molar-refractivity contribution in [3.05, 3.63) is 4.88 Å². The summed E-state index contributed by atoms with van der Waals surface area (Å²) in [7, 11) is 3.69. The molecule has 2 heterocycles. The zero-order chi connectivity index (χ0) is 14.9. The molecule has 1 aromatic rings. The van der Waals surface area contributed by atoms with Gasteiger partial charge >= 0.3 is 0 Å². The van der Waals surface area contributed by atoms with Gasteiger partial charge in [0, 0.05) is 19.1 Å². The molecule has 0 radical (unpaired) electrons. The van der Waals surface area contributed by atoms with Crippen LogP contribution in [0.5, 0.6) is 5.75 Å². The second-order valence-electron chi connectivity index (χ2n) is 5.21. The van der Waals surface area contributed by atoms with Crippen molar-refractivity contribution in [1.29, 1.82) is 0 Å². The number of amides is 1. The minimum absolute atomic E-state index is 0.329. The number of thiophene rings is 1. The number of hydrogen-bond donors (Lipinski definition) is 2. The molecule has 1 fully saturated rings. The molecule has 4 N–H and O–H groups in total. The summed E-state index contributed by atoms with van der Waals surface area (Å²) in [5, 5.41) is 0.904. The topological polar surface area (TPSA) is 84.8 Å². The van der Waals surface area contributed by atoms with Crippen molar-refractivity contribution in [2.24, 2.45) is 5.73 Å². The number of nitrogens with zero attached hydrogens (tertiary/aromatic N) is 2. The molecular formula is C13H22N4O2S. The summed E-state index contributed by atoms with van der Waals surface area (Å²) in [4.78, 5) is 16.4. The average Bonchev–Trinajstić information content (AvgIpc) is 2.61. The molecule has 1 aliphatic rings. The van der Waals surface area contributed by atoms with E-state index in [0.717, 1.165) is 31.1 Å². The predicted molar refractivity (Wildman–Crippen MR) is 82.7 cm³/mol. The van der Waals surface area contributed by atoms with Crippen molar-refractivity contribution in [1.82, 2.24) is 4.90 Å². The first-order valence-electron chi connectivity index (χ1n) is 6.67. The van der Waals surface area contributed by atoms with Gasteiger partial charge in [-0.25, -0.2) is 0 Å². The van der Waals surface area contributed by atoms with Crippen LogP contribution in [-0.4, -0.2) is 50.6 Å². The lowest BCUT2D eigenvalue weighted by molar-refractivity contribution is 0.100. The van der Waals surface area contributed by atoms with Crippen LogP contribution in [0.25, 0.3) is 0 Å². The molecule has 0 aliphatic carbocycles. The molecule has 1 atom stereocenters. The zero-order valence-electron chi connectivity index (χ0n) is 12.2. The second-order valence-corrected chi connectivity index (χ2v) is 6.20.